The van der Waals surface area contributed by atoms with Gasteiger partial charge < -0.3 is 26.0 Å². The van der Waals surface area contributed by atoms with Gasteiger partial charge in [0.15, 0.2) is 5.96 Å². The number of hydrogen-bond donors (Lipinski definition) is 3. The molecule has 0 aromatic heterocycles. The molecule has 1 heterocycles. The highest BCUT2D eigenvalue weighted by atomic mass is 79.9. The van der Waals surface area contributed by atoms with E-state index < -0.39 is 0 Å². The van der Waals surface area contributed by atoms with Gasteiger partial charge in [-0.3, -0.25) is 0 Å². The minimum atomic E-state index is -0.347. The van der Waals surface area contributed by atoms with Crippen LogP contribution in [-0.4, -0.2) is 49.7 Å². The molecule has 0 unspecified atom stereocenters. The van der Waals surface area contributed by atoms with Crippen LogP contribution in [-0.2, 0) is 6.54 Å². The lowest BCUT2D eigenvalue weighted by molar-refractivity contribution is 0.188. The molecule has 1 aromatic carbocycles. The molecular formula is C17H26BrN5O2. The smallest absolute Gasteiger partial charge is 0.314 e. The van der Waals surface area contributed by atoms with Gasteiger partial charge in [0.2, 0.25) is 0 Å². The van der Waals surface area contributed by atoms with Crippen LogP contribution in [0.2, 0.25) is 0 Å². The molecule has 1 fully saturated rings. The van der Waals surface area contributed by atoms with Crippen molar-refractivity contribution >= 4 is 27.9 Å². The fourth-order valence-corrected chi connectivity index (χ4v) is 3.20. The number of likely N-dealkylation sites (tertiary alicyclic amines) is 1. The maximum absolute atomic E-state index is 11.2. The minimum Gasteiger partial charge on any atom is -0.496 e. The Morgan fingerprint density at radius 3 is 2.76 bits per heavy atom. The first kappa shape index (κ1) is 19.4. The third-order valence-corrected chi connectivity index (χ3v) is 4.63. The normalized spacial score (nSPS) is 15.8. The second-order valence-electron chi connectivity index (χ2n) is 5.90. The van der Waals surface area contributed by atoms with E-state index in [1.165, 1.54) is 0 Å². The zero-order valence-corrected chi connectivity index (χ0v) is 16.3. The summed E-state index contributed by atoms with van der Waals surface area (Å²) in [4.78, 5) is 17.6. The lowest BCUT2D eigenvalue weighted by Gasteiger charge is -2.32. The van der Waals surface area contributed by atoms with Crippen molar-refractivity contribution in [3.8, 4) is 5.75 Å². The van der Waals surface area contributed by atoms with Gasteiger partial charge in [-0.15, -0.1) is 0 Å². The van der Waals surface area contributed by atoms with Gasteiger partial charge in [-0.25, -0.2) is 9.79 Å². The Labute approximate surface area is 157 Å². The Morgan fingerprint density at radius 2 is 2.16 bits per heavy atom. The van der Waals surface area contributed by atoms with Crippen LogP contribution in [0.3, 0.4) is 0 Å². The number of guanidine groups is 1. The maximum atomic E-state index is 11.2. The molecule has 0 spiro atoms. The van der Waals surface area contributed by atoms with E-state index in [0.29, 0.717) is 19.6 Å². The first-order valence-electron chi connectivity index (χ1n) is 8.45. The molecule has 1 aliphatic heterocycles. The Kier molecular flexibility index (Phi) is 7.36. The molecule has 25 heavy (non-hydrogen) atoms. The largest absolute Gasteiger partial charge is 0.496 e. The average molecular weight is 412 g/mol. The van der Waals surface area contributed by atoms with Crippen LogP contribution in [0.15, 0.2) is 27.7 Å². The van der Waals surface area contributed by atoms with Gasteiger partial charge in [0.25, 0.3) is 0 Å². The van der Waals surface area contributed by atoms with Crippen LogP contribution in [0.25, 0.3) is 0 Å². The van der Waals surface area contributed by atoms with Crippen molar-refractivity contribution in [1.82, 2.24) is 15.5 Å². The topological polar surface area (TPSA) is 92.0 Å². The number of carbonyl (C=O) groups excluding carboxylic acids is 1. The van der Waals surface area contributed by atoms with E-state index in [2.05, 4.69) is 31.6 Å². The average Bonchev–Trinajstić information content (AvgIpc) is 2.60. The summed E-state index contributed by atoms with van der Waals surface area (Å²) in [5.74, 6) is 1.58. The number of ether oxygens (including phenoxy) is 1. The second kappa shape index (κ2) is 9.50. The summed E-state index contributed by atoms with van der Waals surface area (Å²) >= 11 is 3.48. The van der Waals surface area contributed by atoms with E-state index in [1.807, 2.05) is 25.1 Å². The SMILES string of the molecule is CCNC(=NCc1cc(Br)ccc1OC)NC1CCN(C(N)=O)CC1. The number of hydrogen-bond acceptors (Lipinski definition) is 3. The van der Waals surface area contributed by atoms with E-state index in [0.717, 1.165) is 41.1 Å². The van der Waals surface area contributed by atoms with Crippen molar-refractivity contribution in [3.63, 3.8) is 0 Å². The summed E-state index contributed by atoms with van der Waals surface area (Å²) in [7, 11) is 1.66. The fraction of sp³-hybridized carbons (Fsp3) is 0.529. The van der Waals surface area contributed by atoms with Crippen LogP contribution in [0, 0.1) is 0 Å². The highest BCUT2D eigenvalue weighted by molar-refractivity contribution is 9.10. The molecule has 2 amide bonds. The van der Waals surface area contributed by atoms with Crippen molar-refractivity contribution in [2.24, 2.45) is 10.7 Å². The number of nitrogens with two attached hydrogens (primary N) is 1. The molecule has 8 heteroatoms. The zero-order chi connectivity index (χ0) is 18.2. The van der Waals surface area contributed by atoms with Crippen molar-refractivity contribution in [1.29, 1.82) is 0 Å². The number of piperidine rings is 1. The van der Waals surface area contributed by atoms with E-state index >= 15 is 0 Å². The molecule has 2 rings (SSSR count). The van der Waals surface area contributed by atoms with Gasteiger partial charge in [0.1, 0.15) is 5.75 Å². The molecule has 1 aromatic rings. The number of nitrogens with zero attached hydrogens (tertiary/aromatic N) is 2. The standard InChI is InChI=1S/C17H26BrN5O2/c1-3-20-17(22-14-6-8-23(9-7-14)16(19)24)21-11-12-10-13(18)4-5-15(12)25-2/h4-5,10,14H,3,6-9,11H2,1-2H3,(H2,19,24)(H2,20,21,22). The van der Waals surface area contributed by atoms with Gasteiger partial charge in [-0.2, -0.15) is 0 Å². The molecule has 0 radical (unpaired) electrons. The Balaban J connectivity index is 1.99. The van der Waals surface area contributed by atoms with Crippen molar-refractivity contribution in [2.45, 2.75) is 32.4 Å². The fourth-order valence-electron chi connectivity index (χ4n) is 2.79. The number of rotatable bonds is 5. The third-order valence-electron chi connectivity index (χ3n) is 4.14. The number of urea groups is 1. The minimum absolute atomic E-state index is 0.276. The predicted octanol–water partition coefficient (Wildman–Crippen LogP) is 2.06. The number of aliphatic imine (C=N–C) groups is 1. The highest BCUT2D eigenvalue weighted by Gasteiger charge is 2.21. The summed E-state index contributed by atoms with van der Waals surface area (Å²) in [5, 5.41) is 6.71. The molecule has 0 aliphatic carbocycles. The van der Waals surface area contributed by atoms with Gasteiger partial charge in [0, 0.05) is 35.7 Å². The summed E-state index contributed by atoms with van der Waals surface area (Å²) in [6, 6.07) is 5.81. The Bertz CT molecular complexity index is 615. The zero-order valence-electron chi connectivity index (χ0n) is 14.7. The summed E-state index contributed by atoms with van der Waals surface area (Å²) in [6.07, 6.45) is 1.71. The lowest BCUT2D eigenvalue weighted by Crippen LogP contribution is -2.50. The second-order valence-corrected chi connectivity index (χ2v) is 6.81. The lowest BCUT2D eigenvalue weighted by atomic mass is 10.1. The van der Waals surface area contributed by atoms with E-state index in [1.54, 1.807) is 12.0 Å². The van der Waals surface area contributed by atoms with E-state index in [9.17, 15) is 4.79 Å². The monoisotopic (exact) mass is 411 g/mol. The molecule has 0 saturated carbocycles. The van der Waals surface area contributed by atoms with Crippen LogP contribution >= 0.6 is 15.9 Å². The van der Waals surface area contributed by atoms with E-state index in [-0.39, 0.29) is 12.1 Å². The predicted molar refractivity (Wildman–Crippen MR) is 103 cm³/mol. The number of carbonyl (C=O) groups is 1. The maximum Gasteiger partial charge on any atom is 0.314 e. The van der Waals surface area contributed by atoms with Crippen molar-refractivity contribution in [2.75, 3.05) is 26.7 Å². The van der Waals surface area contributed by atoms with Crippen molar-refractivity contribution in [3.05, 3.63) is 28.2 Å². The summed E-state index contributed by atoms with van der Waals surface area (Å²) < 4.78 is 6.39. The molecule has 138 valence electrons. The van der Waals surface area contributed by atoms with Crippen molar-refractivity contribution < 1.29 is 9.53 Å². The summed E-state index contributed by atoms with van der Waals surface area (Å²) in [5.41, 5.74) is 6.34. The van der Waals surface area contributed by atoms with E-state index in [4.69, 9.17) is 10.5 Å². The Hall–Kier alpha value is -1.96. The number of amides is 2. The first-order chi connectivity index (χ1) is 12.0. The van der Waals surface area contributed by atoms with Gasteiger partial charge in [-0.05, 0) is 38.0 Å². The number of primary amides is 1. The molecule has 0 atom stereocenters. The molecule has 1 aliphatic rings. The number of methoxy groups -OCH3 is 1. The number of halogens is 1. The van der Waals surface area contributed by atoms with Crippen LogP contribution in [0.5, 0.6) is 5.75 Å². The molecular weight excluding hydrogens is 386 g/mol. The molecule has 1 saturated heterocycles. The Morgan fingerprint density at radius 1 is 1.44 bits per heavy atom. The molecule has 7 nitrogen and oxygen atoms in total. The quantitative estimate of drug-likeness (QED) is 0.510. The number of nitrogens with one attached hydrogen (secondary N) is 2. The van der Waals surface area contributed by atoms with Crippen LogP contribution in [0.4, 0.5) is 4.79 Å². The van der Waals surface area contributed by atoms with Gasteiger partial charge >= 0.3 is 6.03 Å². The summed E-state index contributed by atoms with van der Waals surface area (Å²) in [6.45, 7) is 4.67. The highest BCUT2D eigenvalue weighted by Crippen LogP contribution is 2.23. The molecule has 4 N–H and O–H groups in total. The molecule has 0 bridgehead atoms. The van der Waals surface area contributed by atoms with Crippen LogP contribution < -0.4 is 21.1 Å². The van der Waals surface area contributed by atoms with Crippen LogP contribution in [0.1, 0.15) is 25.3 Å². The van der Waals surface area contributed by atoms with Gasteiger partial charge in [0.05, 0.1) is 13.7 Å². The third kappa shape index (κ3) is 5.81. The van der Waals surface area contributed by atoms with Gasteiger partial charge in [-0.1, -0.05) is 15.9 Å². The first-order valence-corrected chi connectivity index (χ1v) is 9.24. The number of benzene rings is 1.